The second kappa shape index (κ2) is 16.1. The first kappa shape index (κ1) is 32.8. The fourth-order valence-electron chi connectivity index (χ4n) is 4.73. The maximum absolute atomic E-state index is 13.2. The van der Waals surface area contributed by atoms with Gasteiger partial charge in [-0.15, -0.1) is 0 Å². The molecular weight excluding hydrogens is 582 g/mol. The number of ether oxygens (including phenoxy) is 1. The largest absolute Gasteiger partial charge is 0.439 e. The molecule has 1 aromatic heterocycles. The number of nitrogens with zero attached hydrogens (tertiary/aromatic N) is 2. The van der Waals surface area contributed by atoms with E-state index in [0.717, 1.165) is 35.3 Å². The predicted octanol–water partition coefficient (Wildman–Crippen LogP) is 3.55. The number of rotatable bonds is 17. The minimum absolute atomic E-state index is 0.0862. The van der Waals surface area contributed by atoms with E-state index in [-0.39, 0.29) is 25.5 Å². The van der Waals surface area contributed by atoms with E-state index < -0.39 is 27.7 Å². The minimum Gasteiger partial charge on any atom is -0.375 e. The van der Waals surface area contributed by atoms with Gasteiger partial charge in [-0.1, -0.05) is 97.9 Å². The lowest BCUT2D eigenvalue weighted by molar-refractivity contribution is -0.124. The molecule has 4 aromatic rings. The number of aromatic amines is 1. The molecule has 1 amide bonds. The Hall–Kier alpha value is -4.10. The Morgan fingerprint density at radius 3 is 2.30 bits per heavy atom. The molecule has 0 saturated heterocycles. The van der Waals surface area contributed by atoms with Crippen molar-refractivity contribution in [3.8, 4) is 22.5 Å². The van der Waals surface area contributed by atoms with E-state index in [9.17, 15) is 18.0 Å². The Kier molecular flexibility index (Phi) is 12.0. The topological polar surface area (TPSA) is 147 Å². The molecule has 0 aliphatic rings. The van der Waals surface area contributed by atoms with Crippen molar-refractivity contribution in [1.29, 1.82) is 0 Å². The number of amides is 1. The lowest BCUT2D eigenvalue weighted by atomic mass is 9.98. The maximum atomic E-state index is 13.2. The Bertz CT molecular complexity index is 1630. The van der Waals surface area contributed by atoms with Crippen molar-refractivity contribution in [2.24, 2.45) is 0 Å². The first-order valence-corrected chi connectivity index (χ1v) is 16.3. The van der Waals surface area contributed by atoms with Gasteiger partial charge < -0.3 is 15.0 Å². The van der Waals surface area contributed by atoms with Crippen LogP contribution in [-0.2, 0) is 32.7 Å². The molecule has 0 bridgehead atoms. The fourth-order valence-corrected chi connectivity index (χ4v) is 5.96. The first-order chi connectivity index (χ1) is 21.3. The van der Waals surface area contributed by atoms with Crippen LogP contribution in [-0.4, -0.2) is 67.4 Å². The molecule has 12 heteroatoms. The van der Waals surface area contributed by atoms with Crippen molar-refractivity contribution >= 4 is 15.9 Å². The van der Waals surface area contributed by atoms with Gasteiger partial charge in [0.05, 0.1) is 19.0 Å². The zero-order valence-electron chi connectivity index (χ0n) is 25.0. The summed E-state index contributed by atoms with van der Waals surface area (Å²) in [7, 11) is -3.73. The summed E-state index contributed by atoms with van der Waals surface area (Å²) in [5.41, 5.74) is 4.18. The minimum atomic E-state index is -3.73. The predicted molar refractivity (Wildman–Crippen MR) is 169 cm³/mol. The first-order valence-electron chi connectivity index (χ1n) is 14.6. The molecule has 234 valence electrons. The van der Waals surface area contributed by atoms with Gasteiger partial charge in [0.15, 0.2) is 5.82 Å². The van der Waals surface area contributed by atoms with Crippen LogP contribution in [0.4, 0.5) is 0 Å². The Morgan fingerprint density at radius 2 is 1.64 bits per heavy atom. The van der Waals surface area contributed by atoms with Gasteiger partial charge in [-0.2, -0.15) is 0 Å². The fraction of sp³-hybridized carbons (Fsp3) is 0.344. The molecular formula is C32H39N5O6S. The average molecular weight is 622 g/mol. The molecule has 1 atom stereocenters. The van der Waals surface area contributed by atoms with Crippen molar-refractivity contribution in [2.75, 3.05) is 32.0 Å². The third kappa shape index (κ3) is 9.71. The van der Waals surface area contributed by atoms with Gasteiger partial charge in [-0.25, -0.2) is 17.9 Å². The Morgan fingerprint density at radius 1 is 0.955 bits per heavy atom. The van der Waals surface area contributed by atoms with Gasteiger partial charge >= 0.3 is 5.76 Å². The summed E-state index contributed by atoms with van der Waals surface area (Å²) in [6.45, 7) is 6.75. The van der Waals surface area contributed by atoms with E-state index in [1.807, 2.05) is 92.7 Å². The lowest BCUT2D eigenvalue weighted by Gasteiger charge is -2.20. The quantitative estimate of drug-likeness (QED) is 0.162. The van der Waals surface area contributed by atoms with Crippen LogP contribution in [0.3, 0.4) is 0 Å². The molecule has 3 aromatic carbocycles. The van der Waals surface area contributed by atoms with Gasteiger partial charge in [-0.3, -0.25) is 14.3 Å². The third-order valence-corrected chi connectivity index (χ3v) is 8.64. The summed E-state index contributed by atoms with van der Waals surface area (Å²) in [5.74, 6) is -0.865. The van der Waals surface area contributed by atoms with E-state index in [4.69, 9.17) is 4.74 Å². The number of nitrogens with one attached hydrogen (secondary N) is 3. The van der Waals surface area contributed by atoms with E-state index >= 15 is 0 Å². The third-order valence-electron chi connectivity index (χ3n) is 7.17. The highest BCUT2D eigenvalue weighted by Gasteiger charge is 2.25. The molecule has 4 rings (SSSR count). The van der Waals surface area contributed by atoms with Gasteiger partial charge in [0.25, 0.3) is 0 Å². The van der Waals surface area contributed by atoms with Crippen molar-refractivity contribution < 1.29 is 22.5 Å². The van der Waals surface area contributed by atoms with E-state index in [1.165, 1.54) is 0 Å². The highest BCUT2D eigenvalue weighted by molar-refractivity contribution is 7.89. The summed E-state index contributed by atoms with van der Waals surface area (Å²) in [6, 6.07) is 23.4. The number of hydrogen-bond donors (Lipinski definition) is 3. The second-order valence-electron chi connectivity index (χ2n) is 10.3. The molecule has 0 saturated carbocycles. The number of carbonyl (C=O) groups is 1. The number of carbonyl (C=O) groups excluding carboxylic acids is 1. The van der Waals surface area contributed by atoms with Crippen LogP contribution < -0.4 is 15.8 Å². The average Bonchev–Trinajstić information content (AvgIpc) is 3.48. The molecule has 44 heavy (non-hydrogen) atoms. The Balaban J connectivity index is 1.40. The number of sulfonamides is 1. The summed E-state index contributed by atoms with van der Waals surface area (Å²) >= 11 is 0. The van der Waals surface area contributed by atoms with Crippen LogP contribution in [0.2, 0.25) is 0 Å². The smallest absolute Gasteiger partial charge is 0.375 e. The number of aromatic nitrogens is 2. The molecule has 0 aliphatic heterocycles. The summed E-state index contributed by atoms with van der Waals surface area (Å²) in [4.78, 5) is 29.4. The van der Waals surface area contributed by atoms with Crippen LogP contribution in [0.15, 0.2) is 88.2 Å². The normalized spacial score (nSPS) is 12.3. The molecule has 3 N–H and O–H groups in total. The SMILES string of the molecule is CCN(CC)CCCS(=O)(=O)N[C@H](COCc1ccccc1)C(=O)NCc1ccc(-c2ccccc2-c2noc(=O)[nH]2)cc1. The number of benzene rings is 3. The molecule has 0 spiro atoms. The van der Waals surface area contributed by atoms with Crippen molar-refractivity contribution in [3.05, 3.63) is 101 Å². The number of H-pyrrole nitrogens is 1. The van der Waals surface area contributed by atoms with Crippen LogP contribution in [0.25, 0.3) is 22.5 Å². The zero-order valence-corrected chi connectivity index (χ0v) is 25.8. The monoisotopic (exact) mass is 621 g/mol. The van der Waals surface area contributed by atoms with Crippen LogP contribution in [0.5, 0.6) is 0 Å². The van der Waals surface area contributed by atoms with E-state index in [1.54, 1.807) is 0 Å². The molecule has 1 heterocycles. The highest BCUT2D eigenvalue weighted by atomic mass is 32.2. The van der Waals surface area contributed by atoms with E-state index in [2.05, 4.69) is 29.6 Å². The zero-order chi connectivity index (χ0) is 31.4. The van der Waals surface area contributed by atoms with Crippen LogP contribution in [0, 0.1) is 0 Å². The van der Waals surface area contributed by atoms with E-state index in [0.29, 0.717) is 24.4 Å². The standard InChI is InChI=1S/C32H39N5O6S/c1-3-37(4-2)19-10-20-44(40,41)36-29(23-42-22-25-11-6-5-7-12-25)31(38)33-21-24-15-17-26(18-16-24)27-13-8-9-14-28(27)30-34-32(39)43-35-30/h5-9,11-18,29,36H,3-4,10,19-23H2,1-2H3,(H,33,38)(H,34,35,39)/t29-/m1/s1. The van der Waals surface area contributed by atoms with Gasteiger partial charge in [0, 0.05) is 12.1 Å². The summed E-state index contributed by atoms with van der Waals surface area (Å²) in [5, 5.41) is 6.64. The molecule has 0 aliphatic carbocycles. The van der Waals surface area contributed by atoms with Gasteiger partial charge in [0.1, 0.15) is 6.04 Å². The van der Waals surface area contributed by atoms with Crippen LogP contribution >= 0.6 is 0 Å². The summed E-state index contributed by atoms with van der Waals surface area (Å²) < 4.78 is 38.8. The molecule has 11 nitrogen and oxygen atoms in total. The highest BCUT2D eigenvalue weighted by Crippen LogP contribution is 2.29. The second-order valence-corrected chi connectivity index (χ2v) is 12.1. The molecule has 0 unspecified atom stereocenters. The van der Waals surface area contributed by atoms with Crippen molar-refractivity contribution in [3.63, 3.8) is 0 Å². The van der Waals surface area contributed by atoms with Gasteiger partial charge in [0.2, 0.25) is 15.9 Å². The number of hydrogen-bond acceptors (Lipinski definition) is 8. The van der Waals surface area contributed by atoms with Gasteiger partial charge in [-0.05, 0) is 48.3 Å². The molecule has 0 radical (unpaired) electrons. The molecule has 0 fully saturated rings. The summed E-state index contributed by atoms with van der Waals surface area (Å²) in [6.07, 6.45) is 0.457. The Labute approximate surface area is 257 Å². The van der Waals surface area contributed by atoms with Crippen molar-refractivity contribution in [2.45, 2.75) is 39.5 Å². The van der Waals surface area contributed by atoms with Crippen LogP contribution in [0.1, 0.15) is 31.4 Å². The lowest BCUT2D eigenvalue weighted by Crippen LogP contribution is -2.49. The maximum Gasteiger partial charge on any atom is 0.439 e. The van der Waals surface area contributed by atoms with Crippen molar-refractivity contribution in [1.82, 2.24) is 25.1 Å².